The average molecular weight is 499 g/mol. The number of nitrogens with one attached hydrogen (secondary N) is 3. The van der Waals surface area contributed by atoms with E-state index in [1.807, 2.05) is 19.1 Å². The number of ether oxygens (including phenoxy) is 4. The van der Waals surface area contributed by atoms with Crippen molar-refractivity contribution < 1.29 is 33.6 Å². The molecule has 36 heavy (non-hydrogen) atoms. The summed E-state index contributed by atoms with van der Waals surface area (Å²) in [5.41, 5.74) is 4.70. The van der Waals surface area contributed by atoms with Crippen LogP contribution in [0.4, 0.5) is 4.79 Å². The molecule has 0 unspecified atom stereocenters. The number of hydrogen-bond donors (Lipinski definition) is 4. The first-order valence-corrected chi connectivity index (χ1v) is 11.2. The molecule has 0 bridgehead atoms. The fraction of sp³-hybridized carbons (Fsp3) is 0.320. The number of urea groups is 1. The highest BCUT2D eigenvalue weighted by Gasteiger charge is 2.32. The van der Waals surface area contributed by atoms with E-state index >= 15 is 0 Å². The van der Waals surface area contributed by atoms with Crippen LogP contribution in [0.3, 0.4) is 0 Å². The number of carbonyl (C=O) groups is 2. The first-order chi connectivity index (χ1) is 17.4. The summed E-state index contributed by atoms with van der Waals surface area (Å²) in [6.07, 6.45) is 0.471. The predicted molar refractivity (Wildman–Crippen MR) is 132 cm³/mol. The molecule has 1 aliphatic rings. The summed E-state index contributed by atoms with van der Waals surface area (Å²) in [6.45, 7) is 3.68. The smallest absolute Gasteiger partial charge is 0.337 e. The van der Waals surface area contributed by atoms with Crippen molar-refractivity contribution in [3.05, 3.63) is 64.9 Å². The first kappa shape index (κ1) is 26.4. The van der Waals surface area contributed by atoms with Crippen molar-refractivity contribution in [2.45, 2.75) is 26.1 Å². The Balaban J connectivity index is 1.69. The van der Waals surface area contributed by atoms with Crippen LogP contribution in [0.2, 0.25) is 0 Å². The lowest BCUT2D eigenvalue weighted by molar-refractivity contribution is -0.136. The quantitative estimate of drug-likeness (QED) is 0.160. The molecule has 0 radical (unpaired) electrons. The second kappa shape index (κ2) is 12.5. The van der Waals surface area contributed by atoms with E-state index in [1.54, 1.807) is 50.6 Å². The number of esters is 1. The molecule has 1 aliphatic heterocycles. The maximum atomic E-state index is 12.3. The topological polar surface area (TPSA) is 140 Å². The number of amides is 2. The molecule has 2 aromatic rings. The van der Waals surface area contributed by atoms with Crippen LogP contribution in [0.1, 0.15) is 31.0 Å². The molecule has 2 atom stereocenters. The van der Waals surface area contributed by atoms with Gasteiger partial charge in [0.25, 0.3) is 0 Å². The van der Waals surface area contributed by atoms with Crippen LogP contribution >= 0.6 is 0 Å². The van der Waals surface area contributed by atoms with Crippen LogP contribution in [-0.2, 0) is 9.53 Å². The Morgan fingerprint density at radius 2 is 1.92 bits per heavy atom. The molecule has 0 aromatic heterocycles. The molecule has 0 saturated heterocycles. The van der Waals surface area contributed by atoms with Gasteiger partial charge in [0.2, 0.25) is 0 Å². The van der Waals surface area contributed by atoms with E-state index in [-0.39, 0.29) is 12.2 Å². The summed E-state index contributed by atoms with van der Waals surface area (Å²) in [6, 6.07) is 11.1. The van der Waals surface area contributed by atoms with Gasteiger partial charge in [-0.25, -0.2) is 9.59 Å². The summed E-state index contributed by atoms with van der Waals surface area (Å²) in [4.78, 5) is 24.4. The Morgan fingerprint density at radius 3 is 2.58 bits per heavy atom. The van der Waals surface area contributed by atoms with E-state index in [0.717, 1.165) is 11.3 Å². The number of aliphatic hydroxyl groups is 1. The highest BCUT2D eigenvalue weighted by atomic mass is 16.5. The lowest BCUT2D eigenvalue weighted by atomic mass is 9.95. The number of nitrogens with zero attached hydrogens (tertiary/aromatic N) is 1. The van der Waals surface area contributed by atoms with Crippen molar-refractivity contribution in [3.63, 3.8) is 0 Å². The highest BCUT2D eigenvalue weighted by Crippen LogP contribution is 2.34. The molecule has 11 heteroatoms. The Morgan fingerprint density at radius 1 is 1.17 bits per heavy atom. The SMILES string of the molecule is CCOc1cc([C@H]2NC(=O)NC(C)=C2C(=O)OC)ccc1OC[C@H](O)N/N=C\c1ccc(OC)cc1. The molecule has 0 fully saturated rings. The van der Waals surface area contributed by atoms with Gasteiger partial charge in [-0.3, -0.25) is 5.43 Å². The van der Waals surface area contributed by atoms with E-state index in [1.165, 1.54) is 7.11 Å². The van der Waals surface area contributed by atoms with Crippen LogP contribution < -0.4 is 30.3 Å². The zero-order valence-electron chi connectivity index (χ0n) is 20.5. The van der Waals surface area contributed by atoms with E-state index < -0.39 is 24.3 Å². The zero-order valence-corrected chi connectivity index (χ0v) is 20.5. The van der Waals surface area contributed by atoms with Crippen molar-refractivity contribution in [1.82, 2.24) is 16.1 Å². The highest BCUT2D eigenvalue weighted by molar-refractivity contribution is 5.95. The van der Waals surface area contributed by atoms with Gasteiger partial charge in [-0.05, 0) is 61.4 Å². The number of hydrazone groups is 1. The average Bonchev–Trinajstić information content (AvgIpc) is 2.87. The number of allylic oxidation sites excluding steroid dienone is 1. The lowest BCUT2D eigenvalue weighted by Crippen LogP contribution is -2.45. The van der Waals surface area contributed by atoms with Crippen LogP contribution in [0.5, 0.6) is 17.2 Å². The molecular weight excluding hydrogens is 468 g/mol. The molecule has 0 saturated carbocycles. The molecular formula is C25H30N4O7. The molecule has 3 rings (SSSR count). The minimum Gasteiger partial charge on any atom is -0.497 e. The number of carbonyl (C=O) groups excluding carboxylic acids is 2. The van der Waals surface area contributed by atoms with Crippen LogP contribution in [0.15, 0.2) is 58.8 Å². The normalized spacial score (nSPS) is 16.1. The van der Waals surface area contributed by atoms with Crippen LogP contribution in [0, 0.1) is 0 Å². The molecule has 2 amide bonds. The summed E-state index contributed by atoms with van der Waals surface area (Å²) in [5, 5.41) is 19.5. The summed E-state index contributed by atoms with van der Waals surface area (Å²) in [5.74, 6) is 0.937. The van der Waals surface area contributed by atoms with Crippen LogP contribution in [0.25, 0.3) is 0 Å². The Hall–Kier alpha value is -4.25. The zero-order chi connectivity index (χ0) is 26.1. The van der Waals surface area contributed by atoms with Gasteiger partial charge in [0.15, 0.2) is 17.7 Å². The molecule has 0 spiro atoms. The van der Waals surface area contributed by atoms with Gasteiger partial charge < -0.3 is 34.7 Å². The predicted octanol–water partition coefficient (Wildman–Crippen LogP) is 2.22. The van der Waals surface area contributed by atoms with Crippen molar-refractivity contribution in [1.29, 1.82) is 0 Å². The second-order valence-electron chi connectivity index (χ2n) is 7.69. The largest absolute Gasteiger partial charge is 0.497 e. The number of benzene rings is 2. The number of hydrogen-bond acceptors (Lipinski definition) is 9. The van der Waals surface area contributed by atoms with Crippen LogP contribution in [-0.4, -0.2) is 57.0 Å². The number of methoxy groups -OCH3 is 2. The second-order valence-corrected chi connectivity index (χ2v) is 7.69. The van der Waals surface area contributed by atoms with Gasteiger partial charge in [0, 0.05) is 5.70 Å². The lowest BCUT2D eigenvalue weighted by Gasteiger charge is -2.28. The van der Waals surface area contributed by atoms with Gasteiger partial charge >= 0.3 is 12.0 Å². The molecule has 2 aromatic carbocycles. The number of aliphatic hydroxyl groups excluding tert-OH is 1. The molecule has 11 nitrogen and oxygen atoms in total. The van der Waals surface area contributed by atoms with Gasteiger partial charge in [-0.2, -0.15) is 5.10 Å². The molecule has 1 heterocycles. The fourth-order valence-corrected chi connectivity index (χ4v) is 3.51. The van der Waals surface area contributed by atoms with Gasteiger partial charge in [0.1, 0.15) is 12.4 Å². The van der Waals surface area contributed by atoms with Crippen molar-refractivity contribution in [2.24, 2.45) is 5.10 Å². The van der Waals surface area contributed by atoms with Gasteiger partial charge in [-0.15, -0.1) is 0 Å². The Kier molecular flexibility index (Phi) is 9.12. The third kappa shape index (κ3) is 6.66. The van der Waals surface area contributed by atoms with E-state index in [4.69, 9.17) is 18.9 Å². The van der Waals surface area contributed by atoms with Crippen molar-refractivity contribution in [2.75, 3.05) is 27.4 Å². The third-order valence-electron chi connectivity index (χ3n) is 5.23. The van der Waals surface area contributed by atoms with Crippen molar-refractivity contribution >= 4 is 18.2 Å². The maximum absolute atomic E-state index is 12.3. The summed E-state index contributed by atoms with van der Waals surface area (Å²) < 4.78 is 21.4. The van der Waals surface area contributed by atoms with E-state index in [2.05, 4.69) is 21.2 Å². The monoisotopic (exact) mass is 498 g/mol. The summed E-state index contributed by atoms with van der Waals surface area (Å²) in [7, 11) is 2.87. The number of rotatable bonds is 11. The maximum Gasteiger partial charge on any atom is 0.337 e. The van der Waals surface area contributed by atoms with E-state index in [9.17, 15) is 14.7 Å². The minimum atomic E-state index is -1.09. The minimum absolute atomic E-state index is 0.115. The van der Waals surface area contributed by atoms with E-state index in [0.29, 0.717) is 29.4 Å². The van der Waals surface area contributed by atoms with Gasteiger partial charge in [0.05, 0.1) is 38.7 Å². The molecule has 4 N–H and O–H groups in total. The fourth-order valence-electron chi connectivity index (χ4n) is 3.51. The third-order valence-corrected chi connectivity index (χ3v) is 5.23. The van der Waals surface area contributed by atoms with Gasteiger partial charge in [-0.1, -0.05) is 6.07 Å². The Labute approximate surface area is 209 Å². The van der Waals surface area contributed by atoms with Crippen molar-refractivity contribution in [3.8, 4) is 17.2 Å². The molecule has 192 valence electrons. The molecule has 0 aliphatic carbocycles. The summed E-state index contributed by atoms with van der Waals surface area (Å²) >= 11 is 0. The first-order valence-electron chi connectivity index (χ1n) is 11.2. The Bertz CT molecular complexity index is 1130. The standard InChI is InChI=1S/C25H30N4O7/c1-5-35-20-12-17(23-22(24(31)34-4)15(2)27-25(32)28-23)8-11-19(20)36-14-21(30)29-26-13-16-6-9-18(33-3)10-7-16/h6-13,21,23,29-30H,5,14H2,1-4H3,(H2,27,28,32)/b26-13-/t21-,23+/m0/s1.